The first kappa shape index (κ1) is 24.5. The number of amides is 1. The third-order valence-corrected chi connectivity index (χ3v) is 3.35. The first-order chi connectivity index (χ1) is 11.6. The summed E-state index contributed by atoms with van der Waals surface area (Å²) in [5, 5.41) is 6.19. The van der Waals surface area contributed by atoms with Crippen LogP contribution in [0.5, 0.6) is 5.75 Å². The largest absolute Gasteiger partial charge is 0.497 e. The van der Waals surface area contributed by atoms with Crippen molar-refractivity contribution >= 4 is 35.8 Å². The molecule has 148 valence electrons. The molecule has 7 heteroatoms. The van der Waals surface area contributed by atoms with Crippen molar-refractivity contribution in [3.8, 4) is 5.75 Å². The Kier molecular flexibility index (Phi) is 10.6. The van der Waals surface area contributed by atoms with Crippen molar-refractivity contribution in [3.05, 3.63) is 29.3 Å². The van der Waals surface area contributed by atoms with Crippen LogP contribution < -0.4 is 15.4 Å². The number of benzene rings is 1. The zero-order valence-electron chi connectivity index (χ0n) is 17.0. The van der Waals surface area contributed by atoms with E-state index in [-0.39, 0.29) is 42.0 Å². The number of guanidine groups is 1. The van der Waals surface area contributed by atoms with Crippen LogP contribution >= 0.6 is 24.0 Å². The van der Waals surface area contributed by atoms with Crippen molar-refractivity contribution in [2.24, 2.45) is 4.99 Å². The second-order valence-electron chi connectivity index (χ2n) is 7.18. The van der Waals surface area contributed by atoms with E-state index in [2.05, 4.69) is 21.7 Å². The van der Waals surface area contributed by atoms with Gasteiger partial charge in [0.05, 0.1) is 20.2 Å². The fourth-order valence-electron chi connectivity index (χ4n) is 2.42. The van der Waals surface area contributed by atoms with Crippen LogP contribution in [0, 0.1) is 6.92 Å². The van der Waals surface area contributed by atoms with Crippen LogP contribution in [-0.4, -0.2) is 49.6 Å². The zero-order chi connectivity index (χ0) is 19.0. The monoisotopic (exact) mass is 476 g/mol. The molecule has 0 spiro atoms. The molecule has 0 saturated carbocycles. The predicted molar refractivity (Wildman–Crippen MR) is 118 cm³/mol. The topological polar surface area (TPSA) is 66.0 Å². The maximum atomic E-state index is 12.1. The van der Waals surface area contributed by atoms with Gasteiger partial charge in [0.1, 0.15) is 5.75 Å². The second kappa shape index (κ2) is 11.3. The van der Waals surface area contributed by atoms with Gasteiger partial charge in [0.2, 0.25) is 5.91 Å². The molecular formula is C19H33IN4O2. The second-order valence-corrected chi connectivity index (χ2v) is 7.18. The lowest BCUT2D eigenvalue weighted by atomic mass is 10.1. The number of ether oxygens (including phenoxy) is 1. The molecule has 0 aliphatic heterocycles. The van der Waals surface area contributed by atoms with Crippen molar-refractivity contribution in [1.29, 1.82) is 0 Å². The van der Waals surface area contributed by atoms with E-state index in [4.69, 9.17) is 4.74 Å². The summed E-state index contributed by atoms with van der Waals surface area (Å²) in [4.78, 5) is 18.6. The molecular weight excluding hydrogens is 443 g/mol. The average molecular weight is 476 g/mol. The Balaban J connectivity index is 0.00000625. The van der Waals surface area contributed by atoms with Gasteiger partial charge in [-0.2, -0.15) is 0 Å². The van der Waals surface area contributed by atoms with Crippen LogP contribution in [0.15, 0.2) is 23.2 Å². The number of rotatable bonds is 6. The summed E-state index contributed by atoms with van der Waals surface area (Å²) in [6.45, 7) is 11.4. The van der Waals surface area contributed by atoms with Gasteiger partial charge in [0.15, 0.2) is 5.96 Å². The van der Waals surface area contributed by atoms with Crippen molar-refractivity contribution in [3.63, 3.8) is 0 Å². The van der Waals surface area contributed by atoms with Crippen molar-refractivity contribution in [2.45, 2.75) is 46.7 Å². The Labute approximate surface area is 174 Å². The summed E-state index contributed by atoms with van der Waals surface area (Å²) in [6, 6.07) is 6.05. The fourth-order valence-corrected chi connectivity index (χ4v) is 2.42. The van der Waals surface area contributed by atoms with Crippen LogP contribution in [0.4, 0.5) is 0 Å². The molecule has 0 aliphatic carbocycles. The van der Waals surface area contributed by atoms with E-state index in [0.717, 1.165) is 23.4 Å². The molecule has 6 nitrogen and oxygen atoms in total. The van der Waals surface area contributed by atoms with Gasteiger partial charge in [-0.1, -0.05) is 6.07 Å². The number of halogens is 1. The maximum Gasteiger partial charge on any atom is 0.240 e. The number of aryl methyl sites for hydroxylation is 1. The van der Waals surface area contributed by atoms with Crippen LogP contribution in [-0.2, 0) is 11.3 Å². The number of likely N-dealkylation sites (N-methyl/N-ethyl adjacent to an activating group) is 1. The third-order valence-electron chi connectivity index (χ3n) is 3.35. The highest BCUT2D eigenvalue weighted by Crippen LogP contribution is 2.17. The lowest BCUT2D eigenvalue weighted by molar-refractivity contribution is -0.122. The van der Waals surface area contributed by atoms with Gasteiger partial charge in [-0.3, -0.25) is 4.79 Å². The van der Waals surface area contributed by atoms with Crippen LogP contribution in [0.2, 0.25) is 0 Å². The van der Waals surface area contributed by atoms with Crippen LogP contribution in [0.25, 0.3) is 0 Å². The van der Waals surface area contributed by atoms with E-state index in [1.165, 1.54) is 0 Å². The number of hydrogen-bond acceptors (Lipinski definition) is 3. The molecule has 1 rings (SSSR count). The molecule has 0 aromatic heterocycles. The highest BCUT2D eigenvalue weighted by Gasteiger charge is 2.16. The highest BCUT2D eigenvalue weighted by molar-refractivity contribution is 14.0. The first-order valence-corrected chi connectivity index (χ1v) is 8.59. The minimum absolute atomic E-state index is 0. The number of hydrogen-bond donors (Lipinski definition) is 2. The lowest BCUT2D eigenvalue weighted by Crippen LogP contribution is -2.48. The molecule has 0 heterocycles. The molecule has 0 bridgehead atoms. The Morgan fingerprint density at radius 3 is 2.46 bits per heavy atom. The normalized spacial score (nSPS) is 11.4. The number of aliphatic imine (C=N–C) groups is 1. The molecule has 0 atom stereocenters. The van der Waals surface area contributed by atoms with E-state index in [1.807, 2.05) is 58.7 Å². The SMILES string of the molecule is CCNC(=NCc1cc(C)cc(OC)c1)N(C)CC(=O)NC(C)(C)C.I. The summed E-state index contributed by atoms with van der Waals surface area (Å²) < 4.78 is 5.31. The number of carbonyl (C=O) groups excluding carboxylic acids is 1. The summed E-state index contributed by atoms with van der Waals surface area (Å²) in [5.41, 5.74) is 1.96. The smallest absolute Gasteiger partial charge is 0.240 e. The molecule has 0 unspecified atom stereocenters. The molecule has 26 heavy (non-hydrogen) atoms. The molecule has 0 saturated heterocycles. The zero-order valence-corrected chi connectivity index (χ0v) is 19.3. The predicted octanol–water partition coefficient (Wildman–Crippen LogP) is 2.93. The Morgan fingerprint density at radius 1 is 1.27 bits per heavy atom. The van der Waals surface area contributed by atoms with Gasteiger partial charge in [-0.15, -0.1) is 24.0 Å². The summed E-state index contributed by atoms with van der Waals surface area (Å²) in [5.74, 6) is 1.50. The van der Waals surface area contributed by atoms with Crippen LogP contribution in [0.3, 0.4) is 0 Å². The van der Waals surface area contributed by atoms with Crippen molar-refractivity contribution < 1.29 is 9.53 Å². The number of carbonyl (C=O) groups is 1. The van der Waals surface area contributed by atoms with Gasteiger partial charge in [-0.25, -0.2) is 4.99 Å². The quantitative estimate of drug-likeness (QED) is 0.377. The highest BCUT2D eigenvalue weighted by atomic mass is 127. The number of nitrogens with one attached hydrogen (secondary N) is 2. The number of methoxy groups -OCH3 is 1. The summed E-state index contributed by atoms with van der Waals surface area (Å²) in [6.07, 6.45) is 0. The Morgan fingerprint density at radius 2 is 1.92 bits per heavy atom. The van der Waals surface area contributed by atoms with E-state index in [0.29, 0.717) is 12.5 Å². The minimum atomic E-state index is -0.245. The van der Waals surface area contributed by atoms with Gasteiger partial charge in [0, 0.05) is 19.1 Å². The molecule has 1 amide bonds. The molecule has 0 radical (unpaired) electrons. The van der Waals surface area contributed by atoms with E-state index in [1.54, 1.807) is 7.11 Å². The average Bonchev–Trinajstić information content (AvgIpc) is 2.48. The lowest BCUT2D eigenvalue weighted by Gasteiger charge is -2.25. The Hall–Kier alpha value is -1.51. The maximum absolute atomic E-state index is 12.1. The van der Waals surface area contributed by atoms with E-state index < -0.39 is 0 Å². The van der Waals surface area contributed by atoms with Gasteiger partial charge < -0.3 is 20.3 Å². The van der Waals surface area contributed by atoms with Gasteiger partial charge in [-0.05, 0) is 57.9 Å². The molecule has 0 fully saturated rings. The first-order valence-electron chi connectivity index (χ1n) is 8.59. The summed E-state index contributed by atoms with van der Waals surface area (Å²) >= 11 is 0. The van der Waals surface area contributed by atoms with E-state index in [9.17, 15) is 4.79 Å². The standard InChI is InChI=1S/C19H32N4O2.HI/c1-8-20-18(23(6)13-17(24)22-19(3,4)5)21-12-15-9-14(2)10-16(11-15)25-7;/h9-11H,8,12-13H2,1-7H3,(H,20,21)(H,22,24);1H. The molecule has 1 aromatic rings. The van der Waals surface area contributed by atoms with Crippen molar-refractivity contribution in [2.75, 3.05) is 27.2 Å². The summed E-state index contributed by atoms with van der Waals surface area (Å²) in [7, 11) is 3.52. The molecule has 0 aliphatic rings. The third kappa shape index (κ3) is 9.26. The van der Waals surface area contributed by atoms with Gasteiger partial charge >= 0.3 is 0 Å². The van der Waals surface area contributed by atoms with E-state index >= 15 is 0 Å². The molecule has 1 aromatic carbocycles. The van der Waals surface area contributed by atoms with Gasteiger partial charge in [0.25, 0.3) is 0 Å². The minimum Gasteiger partial charge on any atom is -0.497 e. The van der Waals surface area contributed by atoms with Crippen LogP contribution in [0.1, 0.15) is 38.8 Å². The molecule has 2 N–H and O–H groups in total. The van der Waals surface area contributed by atoms with Crippen molar-refractivity contribution in [1.82, 2.24) is 15.5 Å². The Bertz CT molecular complexity index is 612. The fraction of sp³-hybridized carbons (Fsp3) is 0.579. The number of nitrogens with zero attached hydrogens (tertiary/aromatic N) is 2.